The van der Waals surface area contributed by atoms with Crippen LogP contribution in [0.25, 0.3) is 0 Å². The molecule has 0 aromatic heterocycles. The first kappa shape index (κ1) is 14.9. The average molecular weight is 284 g/mol. The van der Waals surface area contributed by atoms with Crippen molar-refractivity contribution in [2.75, 3.05) is 11.3 Å². The van der Waals surface area contributed by atoms with Crippen molar-refractivity contribution in [1.29, 1.82) is 0 Å². The number of nitrogens with two attached hydrogens (primary N) is 1. The zero-order valence-electron chi connectivity index (χ0n) is 9.92. The molecule has 0 aromatic rings. The highest BCUT2D eigenvalue weighted by atomic mass is 32.3. The van der Waals surface area contributed by atoms with Crippen molar-refractivity contribution < 1.29 is 16.8 Å². The molecule has 3 N–H and O–H groups in total. The van der Waals surface area contributed by atoms with Gasteiger partial charge in [-0.2, -0.15) is 0 Å². The fourth-order valence-corrected chi connectivity index (χ4v) is 5.31. The van der Waals surface area contributed by atoms with Crippen molar-refractivity contribution in [3.05, 3.63) is 0 Å². The van der Waals surface area contributed by atoms with Gasteiger partial charge in [0.2, 0.25) is 10.0 Å². The minimum Gasteiger partial charge on any atom is -0.326 e. The molecule has 0 radical (unpaired) electrons. The Balaban J connectivity index is 2.68. The lowest BCUT2D eigenvalue weighted by Crippen LogP contribution is -2.48. The van der Waals surface area contributed by atoms with E-state index in [2.05, 4.69) is 4.72 Å². The quantitative estimate of drug-likeness (QED) is 0.681. The lowest BCUT2D eigenvalue weighted by atomic mass is 10.1. The van der Waals surface area contributed by atoms with E-state index in [1.165, 1.54) is 0 Å². The lowest BCUT2D eigenvalue weighted by Gasteiger charge is -2.22. The molecule has 0 bridgehead atoms. The molecule has 0 saturated heterocycles. The largest absolute Gasteiger partial charge is 0.326 e. The van der Waals surface area contributed by atoms with Crippen LogP contribution in [0, 0.1) is 0 Å². The molecule has 2 atom stereocenters. The summed E-state index contributed by atoms with van der Waals surface area (Å²) < 4.78 is 47.6. The van der Waals surface area contributed by atoms with Crippen molar-refractivity contribution >= 4 is 19.9 Å². The third kappa shape index (κ3) is 5.80. The third-order valence-corrected chi connectivity index (χ3v) is 6.39. The van der Waals surface area contributed by atoms with Crippen LogP contribution < -0.4 is 10.5 Å². The Morgan fingerprint density at radius 2 is 1.71 bits per heavy atom. The van der Waals surface area contributed by atoms with Gasteiger partial charge in [-0.25, -0.2) is 21.6 Å². The monoisotopic (exact) mass is 284 g/mol. The SMILES string of the molecule is CS(=O)(=O)CS(=O)(=O)NC1CCCCCC1N. The molecule has 8 heteroatoms. The summed E-state index contributed by atoms with van der Waals surface area (Å²) >= 11 is 0. The smallest absolute Gasteiger partial charge is 0.226 e. The lowest BCUT2D eigenvalue weighted by molar-refractivity contribution is 0.457. The number of hydrogen-bond donors (Lipinski definition) is 2. The van der Waals surface area contributed by atoms with Crippen LogP contribution in [0.2, 0.25) is 0 Å². The van der Waals surface area contributed by atoms with Gasteiger partial charge in [-0.05, 0) is 12.8 Å². The number of rotatable bonds is 4. The van der Waals surface area contributed by atoms with Gasteiger partial charge in [0.15, 0.2) is 14.9 Å². The molecule has 1 saturated carbocycles. The number of hydrogen-bond acceptors (Lipinski definition) is 5. The van der Waals surface area contributed by atoms with Crippen molar-refractivity contribution in [1.82, 2.24) is 4.72 Å². The summed E-state index contributed by atoms with van der Waals surface area (Å²) in [6.45, 7) is 0. The molecule has 1 aliphatic carbocycles. The van der Waals surface area contributed by atoms with Crippen LogP contribution in [0.15, 0.2) is 0 Å². The molecule has 0 amide bonds. The Morgan fingerprint density at radius 1 is 1.12 bits per heavy atom. The molecule has 1 aliphatic rings. The maximum atomic E-state index is 11.6. The van der Waals surface area contributed by atoms with Crippen LogP contribution in [0.3, 0.4) is 0 Å². The van der Waals surface area contributed by atoms with Crippen molar-refractivity contribution in [3.63, 3.8) is 0 Å². The topological polar surface area (TPSA) is 106 Å². The second kappa shape index (κ2) is 5.64. The first-order valence-electron chi connectivity index (χ1n) is 5.63. The summed E-state index contributed by atoms with van der Waals surface area (Å²) in [5, 5.41) is -0.872. The Bertz CT molecular complexity index is 444. The molecule has 102 valence electrons. The highest BCUT2D eigenvalue weighted by Gasteiger charge is 2.27. The fourth-order valence-electron chi connectivity index (χ4n) is 2.03. The van der Waals surface area contributed by atoms with Crippen LogP contribution >= 0.6 is 0 Å². The summed E-state index contributed by atoms with van der Waals surface area (Å²) in [5.74, 6) is 0. The van der Waals surface area contributed by atoms with Crippen LogP contribution in [0.4, 0.5) is 0 Å². The van der Waals surface area contributed by atoms with Gasteiger partial charge in [0.25, 0.3) is 0 Å². The first-order valence-corrected chi connectivity index (χ1v) is 9.34. The minimum absolute atomic E-state index is 0.230. The molecule has 17 heavy (non-hydrogen) atoms. The summed E-state index contributed by atoms with van der Waals surface area (Å²) in [5.41, 5.74) is 5.87. The van der Waals surface area contributed by atoms with Crippen LogP contribution in [-0.4, -0.2) is 40.3 Å². The molecule has 0 aliphatic heterocycles. The van der Waals surface area contributed by atoms with Crippen molar-refractivity contribution in [2.45, 2.75) is 44.2 Å². The maximum absolute atomic E-state index is 11.6. The van der Waals surface area contributed by atoms with E-state index in [0.717, 1.165) is 31.9 Å². The Labute approximate surface area is 103 Å². The molecule has 0 aromatic carbocycles. The van der Waals surface area contributed by atoms with E-state index in [4.69, 9.17) is 5.73 Å². The fraction of sp³-hybridized carbons (Fsp3) is 1.00. The van der Waals surface area contributed by atoms with E-state index in [9.17, 15) is 16.8 Å². The molecular weight excluding hydrogens is 264 g/mol. The van der Waals surface area contributed by atoms with Gasteiger partial charge >= 0.3 is 0 Å². The number of nitrogens with one attached hydrogen (secondary N) is 1. The van der Waals surface area contributed by atoms with Crippen LogP contribution in [-0.2, 0) is 19.9 Å². The van der Waals surface area contributed by atoms with E-state index in [1.807, 2.05) is 0 Å². The van der Waals surface area contributed by atoms with Gasteiger partial charge in [-0.1, -0.05) is 19.3 Å². The molecule has 2 unspecified atom stereocenters. The molecular formula is C9H20N2O4S2. The highest BCUT2D eigenvalue weighted by Crippen LogP contribution is 2.17. The molecule has 1 rings (SSSR count). The second-order valence-corrected chi connectivity index (χ2v) is 8.94. The van der Waals surface area contributed by atoms with Gasteiger partial charge in [0.05, 0.1) is 0 Å². The van der Waals surface area contributed by atoms with E-state index < -0.39 is 24.9 Å². The average Bonchev–Trinajstić information content (AvgIpc) is 2.27. The zero-order valence-corrected chi connectivity index (χ0v) is 11.6. The summed E-state index contributed by atoms with van der Waals surface area (Å²) in [6.07, 6.45) is 5.29. The van der Waals surface area contributed by atoms with Gasteiger partial charge in [-0.3, -0.25) is 0 Å². The minimum atomic E-state index is -3.81. The Hall–Kier alpha value is -0.180. The maximum Gasteiger partial charge on any atom is 0.226 e. The van der Waals surface area contributed by atoms with Crippen molar-refractivity contribution in [3.8, 4) is 0 Å². The Kier molecular flexibility index (Phi) is 4.94. The predicted molar refractivity (Wildman–Crippen MR) is 66.6 cm³/mol. The van der Waals surface area contributed by atoms with Gasteiger partial charge in [0, 0.05) is 18.3 Å². The molecule has 0 spiro atoms. The van der Waals surface area contributed by atoms with Crippen molar-refractivity contribution in [2.24, 2.45) is 5.73 Å². The van der Waals surface area contributed by atoms with E-state index in [1.54, 1.807) is 0 Å². The summed E-state index contributed by atoms with van der Waals surface area (Å²) in [4.78, 5) is 0. The predicted octanol–water partition coefficient (Wildman–Crippen LogP) is -0.432. The highest BCUT2D eigenvalue weighted by molar-refractivity contribution is 8.06. The van der Waals surface area contributed by atoms with Crippen LogP contribution in [0.5, 0.6) is 0 Å². The number of sulfone groups is 1. The normalized spacial score (nSPS) is 27.6. The van der Waals surface area contributed by atoms with E-state index in [0.29, 0.717) is 6.42 Å². The zero-order chi connectivity index (χ0) is 13.1. The Morgan fingerprint density at radius 3 is 2.29 bits per heavy atom. The van der Waals surface area contributed by atoms with E-state index >= 15 is 0 Å². The van der Waals surface area contributed by atoms with Gasteiger partial charge in [0.1, 0.15) is 0 Å². The first-order chi connectivity index (χ1) is 7.70. The number of sulfonamides is 1. The molecule has 1 fully saturated rings. The second-order valence-electron chi connectivity index (χ2n) is 4.68. The standard InChI is InChI=1S/C9H20N2O4S2/c1-16(12,13)7-17(14,15)11-9-6-4-2-3-5-8(9)10/h8-9,11H,2-7,10H2,1H3. The summed E-state index contributed by atoms with van der Waals surface area (Å²) in [7, 11) is -7.36. The van der Waals surface area contributed by atoms with Gasteiger partial charge < -0.3 is 5.73 Å². The molecule has 6 nitrogen and oxygen atoms in total. The van der Waals surface area contributed by atoms with E-state index in [-0.39, 0.29) is 12.1 Å². The van der Waals surface area contributed by atoms with Gasteiger partial charge in [-0.15, -0.1) is 0 Å². The summed E-state index contributed by atoms with van der Waals surface area (Å²) in [6, 6.07) is -0.573. The third-order valence-electron chi connectivity index (χ3n) is 2.77. The molecule has 0 heterocycles. The van der Waals surface area contributed by atoms with Crippen LogP contribution in [0.1, 0.15) is 32.1 Å².